The Morgan fingerprint density at radius 3 is 2.24 bits per heavy atom. The van der Waals surface area contributed by atoms with Crippen LogP contribution < -0.4 is 5.32 Å². The molecular weight excluding hydrogens is 268 g/mol. The second kappa shape index (κ2) is 6.17. The minimum Gasteiger partial charge on any atom is -0.477 e. The van der Waals surface area contributed by atoms with Crippen molar-refractivity contribution in [2.45, 2.75) is 19.8 Å². The summed E-state index contributed by atoms with van der Waals surface area (Å²) in [4.78, 5) is 26.5. The van der Waals surface area contributed by atoms with Crippen molar-refractivity contribution in [2.75, 3.05) is 5.32 Å². The predicted molar refractivity (Wildman–Crippen MR) is 79.7 cm³/mol. The summed E-state index contributed by atoms with van der Waals surface area (Å²) in [7, 11) is 0. The summed E-state index contributed by atoms with van der Waals surface area (Å²) in [6.45, 7) is 4.18. The van der Waals surface area contributed by atoms with E-state index < -0.39 is 5.97 Å². The van der Waals surface area contributed by atoms with Gasteiger partial charge in [0.15, 0.2) is 0 Å². The number of hydrogen-bond acceptors (Lipinski definition) is 3. The predicted octanol–water partition coefficient (Wildman–Crippen LogP) is 3.16. The summed E-state index contributed by atoms with van der Waals surface area (Å²) < 4.78 is 0. The SMILES string of the molecule is CC(C)c1ccc(C(=O)Nc2ccc(C(=O)O)nc2)cc1. The average molecular weight is 284 g/mol. The second-order valence-electron chi connectivity index (χ2n) is 4.97. The number of carboxylic acids is 1. The van der Waals surface area contributed by atoms with Crippen LogP contribution in [0.2, 0.25) is 0 Å². The molecule has 1 heterocycles. The van der Waals surface area contributed by atoms with Crippen LogP contribution in [0.25, 0.3) is 0 Å². The minimum absolute atomic E-state index is 0.0608. The van der Waals surface area contributed by atoms with Crippen molar-refractivity contribution in [1.82, 2.24) is 4.98 Å². The van der Waals surface area contributed by atoms with Crippen LogP contribution in [0, 0.1) is 0 Å². The molecule has 2 rings (SSSR count). The van der Waals surface area contributed by atoms with Gasteiger partial charge in [-0.2, -0.15) is 0 Å². The lowest BCUT2D eigenvalue weighted by Gasteiger charge is -2.08. The molecule has 5 nitrogen and oxygen atoms in total. The van der Waals surface area contributed by atoms with E-state index in [9.17, 15) is 9.59 Å². The first-order valence-electron chi connectivity index (χ1n) is 6.58. The Balaban J connectivity index is 2.08. The number of nitrogens with zero attached hydrogens (tertiary/aromatic N) is 1. The number of carboxylic acid groups (broad SMARTS) is 1. The Labute approximate surface area is 122 Å². The molecule has 0 unspecified atom stereocenters. The van der Waals surface area contributed by atoms with Crippen LogP contribution >= 0.6 is 0 Å². The summed E-state index contributed by atoms with van der Waals surface area (Å²) >= 11 is 0. The molecule has 0 saturated carbocycles. The van der Waals surface area contributed by atoms with Crippen molar-refractivity contribution in [1.29, 1.82) is 0 Å². The van der Waals surface area contributed by atoms with Gasteiger partial charge in [-0.15, -0.1) is 0 Å². The van der Waals surface area contributed by atoms with Crippen molar-refractivity contribution in [3.63, 3.8) is 0 Å². The fourth-order valence-corrected chi connectivity index (χ4v) is 1.82. The molecule has 0 atom stereocenters. The van der Waals surface area contributed by atoms with Gasteiger partial charge in [0.05, 0.1) is 11.9 Å². The van der Waals surface area contributed by atoms with Crippen molar-refractivity contribution in [3.8, 4) is 0 Å². The number of amides is 1. The van der Waals surface area contributed by atoms with Gasteiger partial charge in [-0.05, 0) is 35.7 Å². The van der Waals surface area contributed by atoms with Gasteiger partial charge in [0.25, 0.3) is 5.91 Å². The van der Waals surface area contributed by atoms with Gasteiger partial charge in [0, 0.05) is 5.56 Å². The zero-order valence-electron chi connectivity index (χ0n) is 11.8. The topological polar surface area (TPSA) is 79.3 Å². The molecule has 0 fully saturated rings. The van der Waals surface area contributed by atoms with Gasteiger partial charge in [-0.3, -0.25) is 4.79 Å². The lowest BCUT2D eigenvalue weighted by molar-refractivity contribution is 0.0690. The lowest BCUT2D eigenvalue weighted by Crippen LogP contribution is -2.12. The highest BCUT2D eigenvalue weighted by Gasteiger charge is 2.08. The number of nitrogens with one attached hydrogen (secondary N) is 1. The molecule has 2 aromatic rings. The van der Waals surface area contributed by atoms with E-state index >= 15 is 0 Å². The molecule has 1 aromatic heterocycles. The van der Waals surface area contributed by atoms with Crippen LogP contribution in [0.5, 0.6) is 0 Å². The maximum atomic E-state index is 12.1. The Bertz CT molecular complexity index is 646. The Kier molecular flexibility index (Phi) is 4.33. The highest BCUT2D eigenvalue weighted by Crippen LogP contribution is 2.15. The van der Waals surface area contributed by atoms with E-state index in [-0.39, 0.29) is 11.6 Å². The number of anilines is 1. The van der Waals surface area contributed by atoms with Gasteiger partial charge >= 0.3 is 5.97 Å². The molecule has 0 radical (unpaired) electrons. The van der Waals surface area contributed by atoms with Gasteiger partial charge in [-0.1, -0.05) is 26.0 Å². The van der Waals surface area contributed by atoms with Gasteiger partial charge in [-0.25, -0.2) is 9.78 Å². The quantitative estimate of drug-likeness (QED) is 0.903. The van der Waals surface area contributed by atoms with Crippen LogP contribution in [0.1, 0.15) is 46.2 Å². The van der Waals surface area contributed by atoms with Gasteiger partial charge in [0.1, 0.15) is 5.69 Å². The first-order chi connectivity index (χ1) is 9.97. The molecule has 0 aliphatic heterocycles. The minimum atomic E-state index is -1.10. The third kappa shape index (κ3) is 3.66. The van der Waals surface area contributed by atoms with Crippen LogP contribution in [-0.2, 0) is 0 Å². The Morgan fingerprint density at radius 1 is 1.10 bits per heavy atom. The van der Waals surface area contributed by atoms with Crippen molar-refractivity contribution >= 4 is 17.6 Å². The van der Waals surface area contributed by atoms with E-state index in [1.165, 1.54) is 23.9 Å². The molecule has 108 valence electrons. The molecule has 0 bridgehead atoms. The fraction of sp³-hybridized carbons (Fsp3) is 0.188. The molecule has 1 aromatic carbocycles. The number of rotatable bonds is 4. The normalized spacial score (nSPS) is 10.4. The van der Waals surface area contributed by atoms with E-state index in [4.69, 9.17) is 5.11 Å². The Hall–Kier alpha value is -2.69. The molecule has 0 aliphatic rings. The average Bonchev–Trinajstić information content (AvgIpc) is 2.47. The monoisotopic (exact) mass is 284 g/mol. The summed E-state index contributed by atoms with van der Waals surface area (Å²) in [5.74, 6) is -0.942. The number of aromatic carboxylic acids is 1. The van der Waals surface area contributed by atoms with Crippen molar-refractivity contribution < 1.29 is 14.7 Å². The molecule has 0 spiro atoms. The van der Waals surface area contributed by atoms with Crippen LogP contribution in [0.15, 0.2) is 42.6 Å². The summed E-state index contributed by atoms with van der Waals surface area (Å²) in [5, 5.41) is 11.4. The highest BCUT2D eigenvalue weighted by atomic mass is 16.4. The third-order valence-corrected chi connectivity index (χ3v) is 3.08. The largest absolute Gasteiger partial charge is 0.477 e. The maximum absolute atomic E-state index is 12.1. The first kappa shape index (κ1) is 14.7. The molecule has 2 N–H and O–H groups in total. The number of hydrogen-bond donors (Lipinski definition) is 2. The van der Waals surface area contributed by atoms with Crippen LogP contribution in [0.3, 0.4) is 0 Å². The summed E-state index contributed by atoms with van der Waals surface area (Å²) in [6, 6.07) is 10.2. The first-order valence-corrected chi connectivity index (χ1v) is 6.58. The van der Waals surface area contributed by atoms with Crippen LogP contribution in [0.4, 0.5) is 5.69 Å². The smallest absolute Gasteiger partial charge is 0.354 e. The van der Waals surface area contributed by atoms with Crippen LogP contribution in [-0.4, -0.2) is 22.0 Å². The highest BCUT2D eigenvalue weighted by molar-refractivity contribution is 6.04. The van der Waals surface area contributed by atoms with E-state index in [2.05, 4.69) is 24.1 Å². The zero-order valence-corrected chi connectivity index (χ0v) is 11.8. The number of pyridine rings is 1. The van der Waals surface area contributed by atoms with E-state index in [0.717, 1.165) is 0 Å². The lowest BCUT2D eigenvalue weighted by atomic mass is 10.0. The molecule has 5 heteroatoms. The Morgan fingerprint density at radius 2 is 1.76 bits per heavy atom. The standard InChI is InChI=1S/C16H16N2O3/c1-10(2)11-3-5-12(6-4-11)15(19)18-13-7-8-14(16(20)21)17-9-13/h3-10H,1-2H3,(H,18,19)(H,20,21). The number of carbonyl (C=O) groups excluding carboxylic acids is 1. The maximum Gasteiger partial charge on any atom is 0.354 e. The van der Waals surface area contributed by atoms with Crippen molar-refractivity contribution in [2.24, 2.45) is 0 Å². The van der Waals surface area contributed by atoms with Gasteiger partial charge < -0.3 is 10.4 Å². The third-order valence-electron chi connectivity index (χ3n) is 3.08. The number of aromatic nitrogens is 1. The number of benzene rings is 1. The summed E-state index contributed by atoms with van der Waals surface area (Å²) in [5.41, 5.74) is 2.10. The van der Waals surface area contributed by atoms with E-state index in [1.54, 1.807) is 12.1 Å². The second-order valence-corrected chi connectivity index (χ2v) is 4.97. The molecule has 0 saturated heterocycles. The zero-order chi connectivity index (χ0) is 15.4. The molecule has 0 aliphatic carbocycles. The van der Waals surface area contributed by atoms with E-state index in [1.807, 2.05) is 12.1 Å². The summed E-state index contributed by atoms with van der Waals surface area (Å²) in [6.07, 6.45) is 1.32. The van der Waals surface area contributed by atoms with Gasteiger partial charge in [0.2, 0.25) is 0 Å². The molecular formula is C16H16N2O3. The number of carbonyl (C=O) groups is 2. The molecule has 21 heavy (non-hydrogen) atoms. The molecule has 1 amide bonds. The van der Waals surface area contributed by atoms with Crippen molar-refractivity contribution in [3.05, 3.63) is 59.4 Å². The van der Waals surface area contributed by atoms with E-state index in [0.29, 0.717) is 17.2 Å². The fourth-order valence-electron chi connectivity index (χ4n) is 1.82.